The maximum atomic E-state index is 5.75. The van der Waals surface area contributed by atoms with Crippen LogP contribution in [0.1, 0.15) is 26.6 Å². The fourth-order valence-corrected chi connectivity index (χ4v) is 1.12. The highest BCUT2D eigenvalue weighted by Crippen LogP contribution is 2.23. The fraction of sp³-hybridized carbons (Fsp3) is 0.444. The van der Waals surface area contributed by atoms with Gasteiger partial charge in [0.2, 0.25) is 0 Å². The highest BCUT2D eigenvalue weighted by atomic mass is 16.5. The molecule has 0 fully saturated rings. The van der Waals surface area contributed by atoms with Crippen molar-refractivity contribution in [3.8, 4) is 0 Å². The van der Waals surface area contributed by atoms with E-state index in [1.807, 2.05) is 20.8 Å². The number of hydrogen-bond acceptors (Lipinski definition) is 5. The third kappa shape index (κ3) is 1.30. The van der Waals surface area contributed by atoms with E-state index in [0.29, 0.717) is 22.7 Å². The zero-order chi connectivity index (χ0) is 10.3. The van der Waals surface area contributed by atoms with Crippen molar-refractivity contribution in [3.05, 3.63) is 12.0 Å². The van der Waals surface area contributed by atoms with E-state index in [1.54, 1.807) is 0 Å². The number of rotatable bonds is 0. The fourth-order valence-electron chi connectivity index (χ4n) is 1.12. The maximum absolute atomic E-state index is 5.75. The van der Waals surface area contributed by atoms with Crippen molar-refractivity contribution in [1.82, 2.24) is 15.1 Å². The minimum absolute atomic E-state index is 0.144. The molecule has 0 aliphatic rings. The topological polar surface area (TPSA) is 77.8 Å². The number of nitrogen functional groups attached to an aromatic ring is 1. The molecule has 0 saturated heterocycles. The van der Waals surface area contributed by atoms with Gasteiger partial charge in [0.1, 0.15) is 17.0 Å². The first kappa shape index (κ1) is 8.93. The quantitative estimate of drug-likeness (QED) is 0.684. The number of fused-ring (bicyclic) bond motifs is 1. The lowest BCUT2D eigenvalue weighted by Gasteiger charge is -2.15. The molecule has 5 heteroatoms. The Morgan fingerprint density at radius 1 is 1.29 bits per heavy atom. The van der Waals surface area contributed by atoms with Gasteiger partial charge in [0, 0.05) is 5.41 Å². The van der Waals surface area contributed by atoms with E-state index in [4.69, 9.17) is 10.3 Å². The Bertz CT molecular complexity index is 469. The van der Waals surface area contributed by atoms with Crippen molar-refractivity contribution in [1.29, 1.82) is 0 Å². The van der Waals surface area contributed by atoms with E-state index in [2.05, 4.69) is 15.1 Å². The van der Waals surface area contributed by atoms with Crippen LogP contribution >= 0.6 is 0 Å². The van der Waals surface area contributed by atoms with E-state index in [9.17, 15) is 0 Å². The molecule has 0 aromatic carbocycles. The van der Waals surface area contributed by atoms with Crippen molar-refractivity contribution in [3.63, 3.8) is 0 Å². The highest BCUT2D eigenvalue weighted by Gasteiger charge is 2.20. The summed E-state index contributed by atoms with van der Waals surface area (Å²) in [6, 6.07) is 0. The summed E-state index contributed by atoms with van der Waals surface area (Å²) in [5.41, 5.74) is 6.05. The first-order valence-electron chi connectivity index (χ1n) is 4.37. The highest BCUT2D eigenvalue weighted by molar-refractivity contribution is 5.83. The van der Waals surface area contributed by atoms with E-state index in [1.165, 1.54) is 6.20 Å². The molecule has 0 amide bonds. The molecule has 0 spiro atoms. The molecule has 2 aromatic heterocycles. The van der Waals surface area contributed by atoms with E-state index in [0.717, 1.165) is 0 Å². The number of anilines is 1. The molecule has 0 aliphatic carbocycles. The smallest absolute Gasteiger partial charge is 0.263 e. The van der Waals surface area contributed by atoms with Gasteiger partial charge in [-0.2, -0.15) is 4.98 Å². The molecule has 0 atom stereocenters. The first-order chi connectivity index (χ1) is 6.48. The van der Waals surface area contributed by atoms with E-state index < -0.39 is 0 Å². The van der Waals surface area contributed by atoms with Crippen LogP contribution < -0.4 is 5.73 Å². The SMILES string of the molecule is CC(C)(C)c1nc(N)c2cnoc2n1. The van der Waals surface area contributed by atoms with Crippen molar-refractivity contribution in [2.24, 2.45) is 0 Å². The monoisotopic (exact) mass is 192 g/mol. The zero-order valence-electron chi connectivity index (χ0n) is 8.40. The molecule has 0 unspecified atom stereocenters. The predicted molar refractivity (Wildman–Crippen MR) is 52.7 cm³/mol. The summed E-state index contributed by atoms with van der Waals surface area (Å²) < 4.78 is 4.95. The lowest BCUT2D eigenvalue weighted by molar-refractivity contribution is 0.443. The van der Waals surface area contributed by atoms with Crippen LogP contribution in [0, 0.1) is 0 Å². The Hall–Kier alpha value is -1.65. The van der Waals surface area contributed by atoms with E-state index >= 15 is 0 Å². The summed E-state index contributed by atoms with van der Waals surface area (Å²) in [4.78, 5) is 8.46. The summed E-state index contributed by atoms with van der Waals surface area (Å²) >= 11 is 0. The summed E-state index contributed by atoms with van der Waals surface area (Å²) in [5, 5.41) is 4.29. The van der Waals surface area contributed by atoms with Gasteiger partial charge in [-0.1, -0.05) is 25.9 Å². The average molecular weight is 192 g/mol. The maximum Gasteiger partial charge on any atom is 0.263 e. The molecule has 0 bridgehead atoms. The molecular weight excluding hydrogens is 180 g/mol. The second-order valence-corrected chi connectivity index (χ2v) is 4.23. The van der Waals surface area contributed by atoms with Gasteiger partial charge in [0.25, 0.3) is 5.71 Å². The number of hydrogen-bond donors (Lipinski definition) is 1. The van der Waals surface area contributed by atoms with Crippen LogP contribution in [0.15, 0.2) is 10.7 Å². The van der Waals surface area contributed by atoms with Crippen molar-refractivity contribution < 1.29 is 4.52 Å². The van der Waals surface area contributed by atoms with Gasteiger partial charge >= 0.3 is 0 Å². The molecule has 0 aliphatic heterocycles. The van der Waals surface area contributed by atoms with Gasteiger partial charge in [-0.3, -0.25) is 0 Å². The Morgan fingerprint density at radius 2 is 2.00 bits per heavy atom. The molecular formula is C9H12N4O. The van der Waals surface area contributed by atoms with Gasteiger partial charge < -0.3 is 10.3 Å². The third-order valence-corrected chi connectivity index (χ3v) is 1.93. The van der Waals surface area contributed by atoms with Crippen molar-refractivity contribution in [2.75, 3.05) is 5.73 Å². The Morgan fingerprint density at radius 3 is 2.64 bits per heavy atom. The second-order valence-electron chi connectivity index (χ2n) is 4.23. The molecule has 14 heavy (non-hydrogen) atoms. The largest absolute Gasteiger partial charge is 0.383 e. The van der Waals surface area contributed by atoms with Crippen LogP contribution in [0.3, 0.4) is 0 Å². The lowest BCUT2D eigenvalue weighted by atomic mass is 9.96. The van der Waals surface area contributed by atoms with Gasteiger partial charge in [-0.25, -0.2) is 4.98 Å². The van der Waals surface area contributed by atoms with Crippen LogP contribution in [0.5, 0.6) is 0 Å². The third-order valence-electron chi connectivity index (χ3n) is 1.93. The van der Waals surface area contributed by atoms with Crippen molar-refractivity contribution >= 4 is 16.9 Å². The van der Waals surface area contributed by atoms with Crippen LogP contribution in [0.2, 0.25) is 0 Å². The molecule has 2 heterocycles. The molecule has 2 rings (SSSR count). The van der Waals surface area contributed by atoms with Gasteiger partial charge in [-0.15, -0.1) is 0 Å². The molecule has 0 radical (unpaired) electrons. The standard InChI is InChI=1S/C9H12N4O/c1-9(2,3)8-12-6(10)5-4-11-14-7(5)13-8/h4H,1-3H3,(H2,10,12,13). The molecule has 5 nitrogen and oxygen atoms in total. The van der Waals surface area contributed by atoms with Crippen LogP contribution in [0.25, 0.3) is 11.1 Å². The number of aromatic nitrogens is 3. The van der Waals surface area contributed by atoms with Crippen LogP contribution in [-0.4, -0.2) is 15.1 Å². The summed E-state index contributed by atoms with van der Waals surface area (Å²) in [7, 11) is 0. The van der Waals surface area contributed by atoms with Gasteiger partial charge in [-0.05, 0) is 0 Å². The summed E-state index contributed by atoms with van der Waals surface area (Å²) in [6.07, 6.45) is 1.52. The van der Waals surface area contributed by atoms with Crippen LogP contribution in [0.4, 0.5) is 5.82 Å². The Labute approximate surface area is 81.3 Å². The summed E-state index contributed by atoms with van der Waals surface area (Å²) in [5.74, 6) is 1.08. The minimum atomic E-state index is -0.144. The van der Waals surface area contributed by atoms with Gasteiger partial charge in [0.15, 0.2) is 0 Å². The van der Waals surface area contributed by atoms with Crippen molar-refractivity contribution in [2.45, 2.75) is 26.2 Å². The molecule has 0 saturated carbocycles. The minimum Gasteiger partial charge on any atom is -0.383 e. The second kappa shape index (κ2) is 2.67. The number of nitrogens with two attached hydrogens (primary N) is 1. The first-order valence-corrected chi connectivity index (χ1v) is 4.37. The molecule has 2 N–H and O–H groups in total. The summed E-state index contributed by atoms with van der Waals surface area (Å²) in [6.45, 7) is 6.05. The zero-order valence-corrected chi connectivity index (χ0v) is 8.40. The Balaban J connectivity index is 2.70. The normalized spacial score (nSPS) is 12.2. The van der Waals surface area contributed by atoms with E-state index in [-0.39, 0.29) is 5.41 Å². The molecule has 74 valence electrons. The predicted octanol–water partition coefficient (Wildman–Crippen LogP) is 1.50. The number of nitrogens with zero attached hydrogens (tertiary/aromatic N) is 3. The van der Waals surface area contributed by atoms with Gasteiger partial charge in [0.05, 0.1) is 6.20 Å². The van der Waals surface area contributed by atoms with Crippen LogP contribution in [-0.2, 0) is 5.41 Å². The lowest BCUT2D eigenvalue weighted by Crippen LogP contribution is -2.16. The molecule has 2 aromatic rings. The Kier molecular flexibility index (Phi) is 1.70. The average Bonchev–Trinajstić information content (AvgIpc) is 2.50.